The molecule has 7 nitrogen and oxygen atoms in total. The molecule has 0 radical (unpaired) electrons. The summed E-state index contributed by atoms with van der Waals surface area (Å²) in [7, 11) is 0. The van der Waals surface area contributed by atoms with E-state index in [0.29, 0.717) is 18.4 Å². The van der Waals surface area contributed by atoms with Crippen molar-refractivity contribution in [2.45, 2.75) is 46.0 Å². The van der Waals surface area contributed by atoms with Crippen LogP contribution in [0.1, 0.15) is 53.5 Å². The molecule has 0 aromatic carbocycles. The van der Waals surface area contributed by atoms with Crippen molar-refractivity contribution in [3.63, 3.8) is 0 Å². The number of nitrogens with two attached hydrogens (primary N) is 1. The maximum Gasteiger partial charge on any atom is 0.303 e. The second-order valence-electron chi connectivity index (χ2n) is 6.84. The number of fused-ring (bicyclic) bond motifs is 1. The molecule has 0 bridgehead atoms. The molecule has 28 heavy (non-hydrogen) atoms. The molecule has 0 aliphatic rings. The van der Waals surface area contributed by atoms with Crippen LogP contribution in [0.25, 0.3) is 16.6 Å². The number of aliphatic carboxylic acids is 1. The van der Waals surface area contributed by atoms with Gasteiger partial charge >= 0.3 is 5.97 Å². The van der Waals surface area contributed by atoms with Crippen LogP contribution in [0.4, 0.5) is 0 Å². The Morgan fingerprint density at radius 2 is 2.00 bits per heavy atom. The van der Waals surface area contributed by atoms with Gasteiger partial charge in [0.15, 0.2) is 0 Å². The molecule has 3 heterocycles. The van der Waals surface area contributed by atoms with E-state index >= 15 is 0 Å². The minimum atomic E-state index is -0.789. The molecule has 3 rings (SSSR count). The Bertz CT molecular complexity index is 1040. The minimum Gasteiger partial charge on any atom is -0.481 e. The SMILES string of the molecule is CCc1ccc2c(-c3cncc(C(N)=O)c3)c(CCCCC(=O)O)c(C)nn12. The summed E-state index contributed by atoms with van der Waals surface area (Å²) in [5.41, 5.74) is 11.5. The highest BCUT2D eigenvalue weighted by molar-refractivity contribution is 5.95. The van der Waals surface area contributed by atoms with Gasteiger partial charge < -0.3 is 10.8 Å². The summed E-state index contributed by atoms with van der Waals surface area (Å²) < 4.78 is 1.93. The molecule has 0 spiro atoms. The van der Waals surface area contributed by atoms with Gasteiger partial charge in [0, 0.05) is 35.6 Å². The minimum absolute atomic E-state index is 0.147. The number of pyridine rings is 1. The highest BCUT2D eigenvalue weighted by Gasteiger charge is 2.18. The summed E-state index contributed by atoms with van der Waals surface area (Å²) in [6.45, 7) is 4.04. The summed E-state index contributed by atoms with van der Waals surface area (Å²) in [4.78, 5) is 26.6. The maximum atomic E-state index is 11.6. The second kappa shape index (κ2) is 8.21. The van der Waals surface area contributed by atoms with Crippen LogP contribution in [0.5, 0.6) is 0 Å². The number of rotatable bonds is 8. The fourth-order valence-corrected chi connectivity index (χ4v) is 3.51. The number of amides is 1. The first-order valence-corrected chi connectivity index (χ1v) is 9.39. The molecule has 0 saturated carbocycles. The summed E-state index contributed by atoms with van der Waals surface area (Å²) in [6, 6.07) is 5.83. The molecule has 0 aliphatic carbocycles. The van der Waals surface area contributed by atoms with E-state index in [1.165, 1.54) is 6.20 Å². The van der Waals surface area contributed by atoms with Crippen LogP contribution < -0.4 is 5.73 Å². The van der Waals surface area contributed by atoms with Crippen molar-refractivity contribution in [1.82, 2.24) is 14.6 Å². The Kier molecular flexibility index (Phi) is 5.73. The maximum absolute atomic E-state index is 11.6. The van der Waals surface area contributed by atoms with Crippen molar-refractivity contribution in [2.24, 2.45) is 5.73 Å². The number of nitrogens with zero attached hydrogens (tertiary/aromatic N) is 3. The normalized spacial score (nSPS) is 11.1. The first-order valence-electron chi connectivity index (χ1n) is 9.39. The van der Waals surface area contributed by atoms with Crippen LogP contribution in [0, 0.1) is 6.92 Å². The van der Waals surface area contributed by atoms with Gasteiger partial charge in [0.05, 0.1) is 16.8 Å². The van der Waals surface area contributed by atoms with Gasteiger partial charge in [-0.1, -0.05) is 6.92 Å². The molecule has 0 fully saturated rings. The van der Waals surface area contributed by atoms with Crippen molar-refractivity contribution >= 4 is 17.4 Å². The first kappa shape index (κ1) is 19.5. The number of unbranched alkanes of at least 4 members (excludes halogenated alkanes) is 1. The molecule has 0 aliphatic heterocycles. The van der Waals surface area contributed by atoms with Gasteiger partial charge in [0.1, 0.15) is 0 Å². The molecular formula is C21H24N4O3. The lowest BCUT2D eigenvalue weighted by molar-refractivity contribution is -0.137. The predicted molar refractivity (Wildman–Crippen MR) is 106 cm³/mol. The summed E-state index contributed by atoms with van der Waals surface area (Å²) in [5.74, 6) is -1.31. The average molecular weight is 380 g/mol. The molecule has 3 aromatic rings. The molecule has 146 valence electrons. The molecule has 0 saturated heterocycles. The number of aromatic nitrogens is 3. The van der Waals surface area contributed by atoms with Gasteiger partial charge in [-0.25, -0.2) is 4.52 Å². The van der Waals surface area contributed by atoms with Gasteiger partial charge in [-0.3, -0.25) is 14.6 Å². The quantitative estimate of drug-likeness (QED) is 0.583. The highest BCUT2D eigenvalue weighted by atomic mass is 16.4. The number of aryl methyl sites for hydroxylation is 2. The molecule has 3 N–H and O–H groups in total. The zero-order valence-electron chi connectivity index (χ0n) is 16.1. The smallest absolute Gasteiger partial charge is 0.303 e. The fraction of sp³-hybridized carbons (Fsp3) is 0.333. The largest absolute Gasteiger partial charge is 0.481 e. The third kappa shape index (κ3) is 3.88. The number of hydrogen-bond acceptors (Lipinski definition) is 4. The van der Waals surface area contributed by atoms with E-state index in [4.69, 9.17) is 15.9 Å². The van der Waals surface area contributed by atoms with Crippen molar-refractivity contribution in [1.29, 1.82) is 0 Å². The second-order valence-corrected chi connectivity index (χ2v) is 6.84. The van der Waals surface area contributed by atoms with Gasteiger partial charge in [0.2, 0.25) is 5.91 Å². The van der Waals surface area contributed by atoms with Crippen LogP contribution in [-0.4, -0.2) is 31.6 Å². The summed E-state index contributed by atoms with van der Waals surface area (Å²) in [6.07, 6.45) is 6.21. The van der Waals surface area contributed by atoms with Crippen LogP contribution in [-0.2, 0) is 17.6 Å². The van der Waals surface area contributed by atoms with E-state index in [0.717, 1.165) is 46.4 Å². The lowest BCUT2D eigenvalue weighted by atomic mass is 9.95. The Hall–Kier alpha value is -3.22. The Balaban J connectivity index is 2.14. The third-order valence-corrected chi connectivity index (χ3v) is 4.92. The Morgan fingerprint density at radius 3 is 2.68 bits per heavy atom. The Morgan fingerprint density at radius 1 is 1.21 bits per heavy atom. The highest BCUT2D eigenvalue weighted by Crippen LogP contribution is 2.32. The number of carbonyl (C=O) groups excluding carboxylic acids is 1. The van der Waals surface area contributed by atoms with Crippen LogP contribution >= 0.6 is 0 Å². The van der Waals surface area contributed by atoms with E-state index in [2.05, 4.69) is 11.9 Å². The van der Waals surface area contributed by atoms with E-state index < -0.39 is 11.9 Å². The number of hydrogen-bond donors (Lipinski definition) is 2. The summed E-state index contributed by atoms with van der Waals surface area (Å²) in [5, 5.41) is 13.6. The molecule has 3 aromatic heterocycles. The number of primary amides is 1. The topological polar surface area (TPSA) is 111 Å². The van der Waals surface area contributed by atoms with E-state index in [-0.39, 0.29) is 6.42 Å². The zero-order chi connectivity index (χ0) is 20.3. The third-order valence-electron chi connectivity index (χ3n) is 4.92. The molecule has 7 heteroatoms. The van der Waals surface area contributed by atoms with Crippen molar-refractivity contribution in [3.8, 4) is 11.1 Å². The molecule has 0 unspecified atom stereocenters. The Labute approximate surface area is 163 Å². The lowest BCUT2D eigenvalue weighted by Crippen LogP contribution is -2.12. The van der Waals surface area contributed by atoms with E-state index in [1.54, 1.807) is 12.3 Å². The van der Waals surface area contributed by atoms with E-state index in [1.807, 2.05) is 23.6 Å². The average Bonchev–Trinajstić information content (AvgIpc) is 3.07. The molecule has 1 amide bonds. The molecule has 0 atom stereocenters. The fourth-order valence-electron chi connectivity index (χ4n) is 3.51. The van der Waals surface area contributed by atoms with Gasteiger partial charge in [0.25, 0.3) is 0 Å². The predicted octanol–water partition coefficient (Wildman–Crippen LogP) is 3.16. The first-order chi connectivity index (χ1) is 13.4. The zero-order valence-corrected chi connectivity index (χ0v) is 16.1. The van der Waals surface area contributed by atoms with Crippen LogP contribution in [0.15, 0.2) is 30.6 Å². The molecular weight excluding hydrogens is 356 g/mol. The number of carboxylic acid groups (broad SMARTS) is 1. The van der Waals surface area contributed by atoms with Gasteiger partial charge in [-0.05, 0) is 56.4 Å². The number of carbonyl (C=O) groups is 2. The van der Waals surface area contributed by atoms with Crippen molar-refractivity contribution in [2.75, 3.05) is 0 Å². The lowest BCUT2D eigenvalue weighted by Gasteiger charge is -2.16. The summed E-state index contributed by atoms with van der Waals surface area (Å²) >= 11 is 0. The van der Waals surface area contributed by atoms with E-state index in [9.17, 15) is 9.59 Å². The van der Waals surface area contributed by atoms with Gasteiger partial charge in [-0.15, -0.1) is 0 Å². The number of carboxylic acids is 1. The van der Waals surface area contributed by atoms with Crippen LogP contribution in [0.3, 0.4) is 0 Å². The van der Waals surface area contributed by atoms with Gasteiger partial charge in [-0.2, -0.15) is 5.10 Å². The van der Waals surface area contributed by atoms with Crippen molar-refractivity contribution in [3.05, 3.63) is 53.1 Å². The monoisotopic (exact) mass is 380 g/mol. The van der Waals surface area contributed by atoms with Crippen molar-refractivity contribution < 1.29 is 14.7 Å². The standard InChI is InChI=1S/C21H24N4O3/c1-3-16-8-9-18-20(14-10-15(21(22)28)12-23-11-14)17(13(2)24-25(16)18)6-4-5-7-19(26)27/h8-12H,3-7H2,1-2H3,(H2,22,28)(H,26,27). The van der Waals surface area contributed by atoms with Crippen LogP contribution in [0.2, 0.25) is 0 Å².